The molecule has 0 aliphatic heterocycles. The molecule has 0 unspecified atom stereocenters. The van der Waals surface area contributed by atoms with E-state index in [0.29, 0.717) is 17.7 Å². The molecule has 7 heteroatoms. The Hall–Kier alpha value is -2.96. The minimum atomic E-state index is -0.421. The smallest absolute Gasteiger partial charge is 0.271 e. The van der Waals surface area contributed by atoms with Gasteiger partial charge in [-0.05, 0) is 18.2 Å². The van der Waals surface area contributed by atoms with Gasteiger partial charge in [0.1, 0.15) is 0 Å². The summed E-state index contributed by atoms with van der Waals surface area (Å²) in [5, 5.41) is 15.9. The molecule has 2 aromatic heterocycles. The third kappa shape index (κ3) is 2.16. The van der Waals surface area contributed by atoms with Gasteiger partial charge in [0.15, 0.2) is 0 Å². The summed E-state index contributed by atoms with van der Waals surface area (Å²) in [4.78, 5) is 14.6. The Kier molecular flexibility index (Phi) is 2.79. The molecule has 20 heavy (non-hydrogen) atoms. The van der Waals surface area contributed by atoms with Gasteiger partial charge in [-0.3, -0.25) is 19.8 Å². The molecule has 0 fully saturated rings. The van der Waals surface area contributed by atoms with Crippen molar-refractivity contribution in [2.24, 2.45) is 0 Å². The van der Waals surface area contributed by atoms with Gasteiger partial charge >= 0.3 is 0 Å². The van der Waals surface area contributed by atoms with Crippen molar-refractivity contribution in [2.75, 3.05) is 5.73 Å². The van der Waals surface area contributed by atoms with Gasteiger partial charge in [-0.15, -0.1) is 0 Å². The fraction of sp³-hybridized carbons (Fsp3) is 0.0769. The molecule has 100 valence electrons. The first kappa shape index (κ1) is 12.1. The molecule has 0 atom stereocenters. The van der Waals surface area contributed by atoms with E-state index in [1.807, 2.05) is 0 Å². The average molecular weight is 269 g/mol. The van der Waals surface area contributed by atoms with Crippen LogP contribution in [0.4, 0.5) is 11.4 Å². The van der Waals surface area contributed by atoms with E-state index in [2.05, 4.69) is 10.1 Å². The third-order valence-electron chi connectivity index (χ3n) is 2.99. The van der Waals surface area contributed by atoms with E-state index >= 15 is 0 Å². The van der Waals surface area contributed by atoms with Gasteiger partial charge in [0.05, 0.1) is 28.9 Å². The molecule has 0 saturated carbocycles. The van der Waals surface area contributed by atoms with Crippen molar-refractivity contribution in [3.05, 3.63) is 58.5 Å². The number of anilines is 1. The van der Waals surface area contributed by atoms with E-state index in [1.54, 1.807) is 35.3 Å². The Bertz CT molecular complexity index is 796. The van der Waals surface area contributed by atoms with Gasteiger partial charge in [0.2, 0.25) is 0 Å². The van der Waals surface area contributed by atoms with Crippen LogP contribution in [0.5, 0.6) is 0 Å². The molecule has 3 rings (SSSR count). The number of pyridine rings is 1. The number of nitro groups is 1. The van der Waals surface area contributed by atoms with Gasteiger partial charge in [-0.1, -0.05) is 0 Å². The van der Waals surface area contributed by atoms with Gasteiger partial charge in [-0.25, -0.2) is 0 Å². The lowest BCUT2D eigenvalue weighted by atomic mass is 10.2. The molecule has 0 bridgehead atoms. The number of nitrogens with two attached hydrogens (primary N) is 1. The first-order chi connectivity index (χ1) is 9.63. The molecule has 0 spiro atoms. The van der Waals surface area contributed by atoms with Crippen LogP contribution in [0.3, 0.4) is 0 Å². The minimum absolute atomic E-state index is 0.0415. The van der Waals surface area contributed by atoms with Crippen LogP contribution in [0.25, 0.3) is 10.9 Å². The van der Waals surface area contributed by atoms with Crippen LogP contribution < -0.4 is 5.73 Å². The maximum absolute atomic E-state index is 10.8. The topological polar surface area (TPSA) is 99.9 Å². The summed E-state index contributed by atoms with van der Waals surface area (Å²) < 4.78 is 1.67. The summed E-state index contributed by atoms with van der Waals surface area (Å²) >= 11 is 0. The van der Waals surface area contributed by atoms with E-state index < -0.39 is 4.92 Å². The van der Waals surface area contributed by atoms with Crippen molar-refractivity contribution in [1.82, 2.24) is 14.8 Å². The second-order valence-electron chi connectivity index (χ2n) is 4.38. The predicted molar refractivity (Wildman–Crippen MR) is 74.1 cm³/mol. The number of nitrogens with zero attached hydrogens (tertiary/aromatic N) is 4. The predicted octanol–water partition coefficient (Wildman–Crippen LogP) is 1.97. The average Bonchev–Trinajstić information content (AvgIpc) is 2.81. The van der Waals surface area contributed by atoms with E-state index in [0.717, 1.165) is 11.1 Å². The second kappa shape index (κ2) is 4.61. The molecule has 2 heterocycles. The molecular formula is C13H11N5O2. The molecule has 2 N–H and O–H groups in total. The molecular weight excluding hydrogens is 258 g/mol. The highest BCUT2D eigenvalue weighted by Gasteiger charge is 2.10. The zero-order valence-electron chi connectivity index (χ0n) is 10.4. The Morgan fingerprint density at radius 1 is 1.30 bits per heavy atom. The number of aromatic nitrogens is 3. The molecule has 1 aromatic carbocycles. The summed E-state index contributed by atoms with van der Waals surface area (Å²) in [6.45, 7) is 0.412. The molecule has 0 aliphatic rings. The number of hydrogen-bond donors (Lipinski definition) is 1. The van der Waals surface area contributed by atoms with Crippen LogP contribution in [0.2, 0.25) is 0 Å². The van der Waals surface area contributed by atoms with Crippen LogP contribution in [0, 0.1) is 10.1 Å². The Balaban J connectivity index is 2.03. The fourth-order valence-electron chi connectivity index (χ4n) is 2.04. The highest BCUT2D eigenvalue weighted by atomic mass is 16.6. The fourth-order valence-corrected chi connectivity index (χ4v) is 2.04. The van der Waals surface area contributed by atoms with Crippen LogP contribution in [0.1, 0.15) is 5.69 Å². The van der Waals surface area contributed by atoms with Gasteiger partial charge in [0.25, 0.3) is 5.69 Å². The lowest BCUT2D eigenvalue weighted by molar-refractivity contribution is -0.384. The molecule has 0 saturated heterocycles. The summed E-state index contributed by atoms with van der Waals surface area (Å²) in [5.74, 6) is 0. The summed E-state index contributed by atoms with van der Waals surface area (Å²) in [7, 11) is 0. The number of benzene rings is 1. The lowest BCUT2D eigenvalue weighted by Crippen LogP contribution is -2.04. The van der Waals surface area contributed by atoms with Crippen LogP contribution in [-0.2, 0) is 6.54 Å². The minimum Gasteiger partial charge on any atom is -0.399 e. The van der Waals surface area contributed by atoms with Gasteiger partial charge < -0.3 is 5.73 Å². The standard InChI is InChI=1S/C13H11N5O2/c14-10-3-4-15-11(5-10)8-17-13-6-12(18(19)20)2-1-9(13)7-16-17/h1-7H,8H2,(H2,14,15). The van der Waals surface area contributed by atoms with Crippen molar-refractivity contribution in [2.45, 2.75) is 6.54 Å². The zero-order valence-corrected chi connectivity index (χ0v) is 10.4. The van der Waals surface area contributed by atoms with Crippen molar-refractivity contribution < 1.29 is 4.92 Å². The van der Waals surface area contributed by atoms with Crippen LogP contribution >= 0.6 is 0 Å². The van der Waals surface area contributed by atoms with E-state index in [4.69, 9.17) is 5.73 Å². The van der Waals surface area contributed by atoms with E-state index in [-0.39, 0.29) is 5.69 Å². The van der Waals surface area contributed by atoms with Crippen LogP contribution in [0.15, 0.2) is 42.7 Å². The number of hydrogen-bond acceptors (Lipinski definition) is 5. The van der Waals surface area contributed by atoms with E-state index in [1.165, 1.54) is 12.1 Å². The lowest BCUT2D eigenvalue weighted by Gasteiger charge is -2.04. The van der Waals surface area contributed by atoms with Crippen molar-refractivity contribution in [3.63, 3.8) is 0 Å². The number of rotatable bonds is 3. The highest BCUT2D eigenvalue weighted by molar-refractivity contribution is 5.81. The van der Waals surface area contributed by atoms with Gasteiger partial charge in [-0.2, -0.15) is 5.10 Å². The monoisotopic (exact) mass is 269 g/mol. The number of nitrogen functional groups attached to an aromatic ring is 1. The zero-order chi connectivity index (χ0) is 14.1. The molecule has 0 amide bonds. The molecule has 7 nitrogen and oxygen atoms in total. The summed E-state index contributed by atoms with van der Waals surface area (Å²) in [6, 6.07) is 8.12. The number of fused-ring (bicyclic) bond motifs is 1. The molecule has 0 aliphatic carbocycles. The van der Waals surface area contributed by atoms with Gasteiger partial charge in [0, 0.05) is 29.4 Å². The Morgan fingerprint density at radius 2 is 2.15 bits per heavy atom. The first-order valence-electron chi connectivity index (χ1n) is 5.94. The van der Waals surface area contributed by atoms with Crippen molar-refractivity contribution in [3.8, 4) is 0 Å². The Morgan fingerprint density at radius 3 is 2.90 bits per heavy atom. The maximum atomic E-state index is 10.8. The largest absolute Gasteiger partial charge is 0.399 e. The van der Waals surface area contributed by atoms with Crippen LogP contribution in [-0.4, -0.2) is 19.7 Å². The summed E-state index contributed by atoms with van der Waals surface area (Å²) in [6.07, 6.45) is 3.30. The van der Waals surface area contributed by atoms with Crippen molar-refractivity contribution in [1.29, 1.82) is 0 Å². The third-order valence-corrected chi connectivity index (χ3v) is 2.99. The normalized spacial score (nSPS) is 10.8. The Labute approximate surface area is 113 Å². The SMILES string of the molecule is Nc1ccnc(Cn2ncc3ccc([N+](=O)[O-])cc32)c1. The number of non-ortho nitro benzene ring substituents is 1. The molecule has 3 aromatic rings. The van der Waals surface area contributed by atoms with Crippen molar-refractivity contribution >= 4 is 22.3 Å². The molecule has 0 radical (unpaired) electrons. The second-order valence-corrected chi connectivity index (χ2v) is 4.38. The quantitative estimate of drug-likeness (QED) is 0.578. The number of nitro benzene ring substituents is 1. The first-order valence-corrected chi connectivity index (χ1v) is 5.94. The highest BCUT2D eigenvalue weighted by Crippen LogP contribution is 2.21. The maximum Gasteiger partial charge on any atom is 0.271 e. The van der Waals surface area contributed by atoms with E-state index in [9.17, 15) is 10.1 Å². The summed E-state index contributed by atoms with van der Waals surface area (Å²) in [5.41, 5.74) is 7.82.